The van der Waals surface area contributed by atoms with E-state index in [0.717, 1.165) is 5.56 Å². The van der Waals surface area contributed by atoms with Crippen molar-refractivity contribution in [2.45, 2.75) is 25.8 Å². The molecule has 1 aromatic rings. The fourth-order valence-corrected chi connectivity index (χ4v) is 1.60. The maximum absolute atomic E-state index is 13.0. The standard InChI is InChI=1S/C13H17FN2O3/c1-8-6-9(2-3-10(8)14)4-5-16-13(19)11(15)7-12(17)18/h2-3,6,11H,4-5,7,15H2,1H3,(H,16,19)(H,17,18). The molecule has 0 saturated heterocycles. The lowest BCUT2D eigenvalue weighted by Crippen LogP contribution is -2.42. The highest BCUT2D eigenvalue weighted by molar-refractivity contribution is 5.85. The average Bonchev–Trinajstić information content (AvgIpc) is 2.32. The van der Waals surface area contributed by atoms with Crippen LogP contribution in [-0.2, 0) is 16.0 Å². The smallest absolute Gasteiger partial charge is 0.305 e. The maximum atomic E-state index is 13.0. The van der Waals surface area contributed by atoms with Gasteiger partial charge in [0.15, 0.2) is 0 Å². The number of aliphatic carboxylic acids is 1. The van der Waals surface area contributed by atoms with E-state index in [4.69, 9.17) is 10.8 Å². The highest BCUT2D eigenvalue weighted by Crippen LogP contribution is 2.09. The molecule has 0 spiro atoms. The highest BCUT2D eigenvalue weighted by atomic mass is 19.1. The summed E-state index contributed by atoms with van der Waals surface area (Å²) in [6.07, 6.45) is 0.133. The zero-order valence-electron chi connectivity index (χ0n) is 10.6. The minimum Gasteiger partial charge on any atom is -0.481 e. The number of nitrogens with one attached hydrogen (secondary N) is 1. The van der Waals surface area contributed by atoms with Crippen LogP contribution in [0.15, 0.2) is 18.2 Å². The van der Waals surface area contributed by atoms with E-state index in [9.17, 15) is 14.0 Å². The molecule has 0 aliphatic rings. The number of benzene rings is 1. The molecule has 0 aliphatic heterocycles. The van der Waals surface area contributed by atoms with E-state index in [2.05, 4.69) is 5.32 Å². The van der Waals surface area contributed by atoms with Gasteiger partial charge >= 0.3 is 5.97 Å². The Hall–Kier alpha value is -1.95. The van der Waals surface area contributed by atoms with Gasteiger partial charge < -0.3 is 16.2 Å². The highest BCUT2D eigenvalue weighted by Gasteiger charge is 2.16. The second kappa shape index (κ2) is 6.84. The first-order valence-corrected chi connectivity index (χ1v) is 5.90. The van der Waals surface area contributed by atoms with Gasteiger partial charge in [-0.15, -0.1) is 0 Å². The summed E-state index contributed by atoms with van der Waals surface area (Å²) in [5, 5.41) is 11.0. The van der Waals surface area contributed by atoms with Crippen LogP contribution in [0.25, 0.3) is 0 Å². The number of carboxylic acid groups (broad SMARTS) is 1. The topological polar surface area (TPSA) is 92.4 Å². The van der Waals surface area contributed by atoms with Crippen LogP contribution in [0, 0.1) is 12.7 Å². The van der Waals surface area contributed by atoms with Crippen LogP contribution in [0.3, 0.4) is 0 Å². The number of carboxylic acids is 1. The van der Waals surface area contributed by atoms with E-state index >= 15 is 0 Å². The molecular weight excluding hydrogens is 251 g/mol. The van der Waals surface area contributed by atoms with Crippen LogP contribution in [0.2, 0.25) is 0 Å². The van der Waals surface area contributed by atoms with Crippen molar-refractivity contribution >= 4 is 11.9 Å². The normalized spacial score (nSPS) is 11.9. The van der Waals surface area contributed by atoms with Crippen molar-refractivity contribution in [3.63, 3.8) is 0 Å². The van der Waals surface area contributed by atoms with Crippen molar-refractivity contribution in [2.75, 3.05) is 6.54 Å². The molecule has 4 N–H and O–H groups in total. The first-order valence-electron chi connectivity index (χ1n) is 5.90. The van der Waals surface area contributed by atoms with Gasteiger partial charge in [0.05, 0.1) is 12.5 Å². The van der Waals surface area contributed by atoms with Gasteiger partial charge in [0, 0.05) is 6.54 Å². The molecule has 1 atom stereocenters. The summed E-state index contributed by atoms with van der Waals surface area (Å²) in [6.45, 7) is 2.00. The number of rotatable bonds is 6. The van der Waals surface area contributed by atoms with Gasteiger partial charge in [-0.1, -0.05) is 12.1 Å². The third kappa shape index (κ3) is 5.05. The van der Waals surface area contributed by atoms with Crippen molar-refractivity contribution in [2.24, 2.45) is 5.73 Å². The monoisotopic (exact) mass is 268 g/mol. The third-order valence-corrected chi connectivity index (χ3v) is 2.67. The summed E-state index contributed by atoms with van der Waals surface area (Å²) in [6, 6.07) is 3.68. The SMILES string of the molecule is Cc1cc(CCNC(=O)C(N)CC(=O)O)ccc1F. The number of halogens is 1. The van der Waals surface area contributed by atoms with Gasteiger partial charge in [-0.05, 0) is 30.5 Å². The average molecular weight is 268 g/mol. The van der Waals surface area contributed by atoms with E-state index in [1.165, 1.54) is 6.07 Å². The number of carbonyl (C=O) groups excluding carboxylic acids is 1. The number of hydrogen-bond donors (Lipinski definition) is 3. The largest absolute Gasteiger partial charge is 0.481 e. The number of nitrogens with two attached hydrogens (primary N) is 1. The molecule has 1 aromatic carbocycles. The first-order chi connectivity index (χ1) is 8.90. The van der Waals surface area contributed by atoms with Crippen LogP contribution < -0.4 is 11.1 Å². The van der Waals surface area contributed by atoms with Crippen LogP contribution in [0.4, 0.5) is 4.39 Å². The van der Waals surface area contributed by atoms with E-state index in [1.54, 1.807) is 19.1 Å². The van der Waals surface area contributed by atoms with Crippen molar-refractivity contribution in [3.8, 4) is 0 Å². The quantitative estimate of drug-likeness (QED) is 0.704. The number of amides is 1. The molecule has 0 heterocycles. The van der Waals surface area contributed by atoms with Gasteiger partial charge in [-0.2, -0.15) is 0 Å². The Morgan fingerprint density at radius 2 is 2.16 bits per heavy atom. The van der Waals surface area contributed by atoms with Crippen LogP contribution in [0.5, 0.6) is 0 Å². The number of hydrogen-bond acceptors (Lipinski definition) is 3. The molecule has 5 nitrogen and oxygen atoms in total. The van der Waals surface area contributed by atoms with Crippen molar-refractivity contribution in [1.29, 1.82) is 0 Å². The van der Waals surface area contributed by atoms with Crippen molar-refractivity contribution in [1.82, 2.24) is 5.32 Å². The third-order valence-electron chi connectivity index (χ3n) is 2.67. The minimum atomic E-state index is -1.11. The van der Waals surface area contributed by atoms with Gasteiger partial charge in [-0.3, -0.25) is 9.59 Å². The van der Waals surface area contributed by atoms with Crippen LogP contribution >= 0.6 is 0 Å². The molecule has 1 rings (SSSR count). The van der Waals surface area contributed by atoms with Gasteiger partial charge in [0.2, 0.25) is 5.91 Å². The molecular formula is C13H17FN2O3. The zero-order chi connectivity index (χ0) is 14.4. The lowest BCUT2D eigenvalue weighted by Gasteiger charge is -2.10. The second-order valence-corrected chi connectivity index (χ2v) is 4.33. The minimum absolute atomic E-state index is 0.267. The summed E-state index contributed by atoms with van der Waals surface area (Å²) >= 11 is 0. The Balaban J connectivity index is 2.39. The molecule has 1 amide bonds. The summed E-state index contributed by atoms with van der Waals surface area (Å²) < 4.78 is 13.0. The number of aryl methyl sites for hydroxylation is 1. The predicted molar refractivity (Wildman–Crippen MR) is 68.1 cm³/mol. The summed E-state index contributed by atoms with van der Waals surface area (Å²) in [7, 11) is 0. The Labute approximate surface area is 110 Å². The Kier molecular flexibility index (Phi) is 5.44. The Bertz CT molecular complexity index is 477. The molecule has 0 radical (unpaired) electrons. The summed E-state index contributed by atoms with van der Waals surface area (Å²) in [5.41, 5.74) is 6.84. The van der Waals surface area contributed by atoms with E-state index in [-0.39, 0.29) is 5.82 Å². The van der Waals surface area contributed by atoms with Crippen LogP contribution in [0.1, 0.15) is 17.5 Å². The number of carbonyl (C=O) groups is 2. The van der Waals surface area contributed by atoms with Crippen LogP contribution in [-0.4, -0.2) is 29.6 Å². The van der Waals surface area contributed by atoms with Crippen molar-refractivity contribution < 1.29 is 19.1 Å². The molecule has 0 aliphatic carbocycles. The second-order valence-electron chi connectivity index (χ2n) is 4.33. The summed E-state index contributed by atoms with van der Waals surface area (Å²) in [5.74, 6) is -1.88. The van der Waals surface area contributed by atoms with Gasteiger partial charge in [0.1, 0.15) is 5.82 Å². The molecule has 104 valence electrons. The van der Waals surface area contributed by atoms with Gasteiger partial charge in [-0.25, -0.2) is 4.39 Å². The molecule has 0 bridgehead atoms. The predicted octanol–water partition coefficient (Wildman–Crippen LogP) is 0.595. The van der Waals surface area contributed by atoms with E-state index in [1.807, 2.05) is 0 Å². The summed E-state index contributed by atoms with van der Waals surface area (Å²) in [4.78, 5) is 21.8. The lowest BCUT2D eigenvalue weighted by atomic mass is 10.1. The molecule has 1 unspecified atom stereocenters. The molecule has 0 aromatic heterocycles. The molecule has 6 heteroatoms. The molecule has 0 fully saturated rings. The fourth-order valence-electron chi connectivity index (χ4n) is 1.60. The van der Waals surface area contributed by atoms with Gasteiger partial charge in [0.25, 0.3) is 0 Å². The first kappa shape index (κ1) is 15.1. The Morgan fingerprint density at radius 1 is 1.47 bits per heavy atom. The van der Waals surface area contributed by atoms with E-state index in [0.29, 0.717) is 18.5 Å². The van der Waals surface area contributed by atoms with Crippen molar-refractivity contribution in [3.05, 3.63) is 35.1 Å². The fraction of sp³-hybridized carbons (Fsp3) is 0.385. The molecule has 0 saturated carbocycles. The zero-order valence-corrected chi connectivity index (χ0v) is 10.6. The molecule has 19 heavy (non-hydrogen) atoms. The lowest BCUT2D eigenvalue weighted by molar-refractivity contribution is -0.139. The maximum Gasteiger partial charge on any atom is 0.305 e. The van der Waals surface area contributed by atoms with E-state index < -0.39 is 24.3 Å². The Morgan fingerprint density at radius 3 is 2.74 bits per heavy atom.